The van der Waals surface area contributed by atoms with Crippen molar-refractivity contribution in [1.82, 2.24) is 18.8 Å². The summed E-state index contributed by atoms with van der Waals surface area (Å²) in [6.45, 7) is 10.5. The van der Waals surface area contributed by atoms with Crippen LogP contribution < -0.4 is 20.5 Å². The Labute approximate surface area is 285 Å². The minimum absolute atomic E-state index is 0.0287. The van der Waals surface area contributed by atoms with E-state index in [0.717, 1.165) is 48.8 Å². The smallest absolute Gasteiger partial charge is 0.275 e. The predicted octanol–water partition coefficient (Wildman–Crippen LogP) is 4.81. The SMILES string of the molecule is Cc1ccc(S(=O)(=O)n2ccc3c(-c4cc(C(C)(C)O)ccc4Oc4cccc(N5CC(N6CCNCC6)C5)c4F)cn(C)c(=O)c32)cc1. The first kappa shape index (κ1) is 33.0. The maximum Gasteiger partial charge on any atom is 0.275 e. The first-order valence-corrected chi connectivity index (χ1v) is 17.8. The van der Waals surface area contributed by atoms with E-state index in [9.17, 15) is 18.3 Å². The zero-order valence-electron chi connectivity index (χ0n) is 28.0. The number of hydrogen-bond acceptors (Lipinski definition) is 8. The molecule has 2 saturated heterocycles. The van der Waals surface area contributed by atoms with Crippen LogP contribution in [0, 0.1) is 12.7 Å². The molecule has 2 aliphatic rings. The van der Waals surface area contributed by atoms with Gasteiger partial charge in [0.15, 0.2) is 11.6 Å². The average Bonchev–Trinajstić information content (AvgIpc) is 3.51. The molecule has 2 N–H and O–H groups in total. The predicted molar refractivity (Wildman–Crippen MR) is 189 cm³/mol. The third-order valence-corrected chi connectivity index (χ3v) is 11.3. The van der Waals surface area contributed by atoms with Crippen molar-refractivity contribution in [1.29, 1.82) is 0 Å². The number of aliphatic hydroxyl groups is 1. The number of fused-ring (bicyclic) bond motifs is 1. The summed E-state index contributed by atoms with van der Waals surface area (Å²) in [6, 6.07) is 18.6. The van der Waals surface area contributed by atoms with Crippen molar-refractivity contribution in [2.45, 2.75) is 37.3 Å². The highest BCUT2D eigenvalue weighted by Crippen LogP contribution is 2.41. The lowest BCUT2D eigenvalue weighted by atomic mass is 9.93. The lowest BCUT2D eigenvalue weighted by molar-refractivity contribution is 0.0786. The van der Waals surface area contributed by atoms with Crippen LogP contribution in [0.5, 0.6) is 11.5 Å². The van der Waals surface area contributed by atoms with Gasteiger partial charge >= 0.3 is 0 Å². The van der Waals surface area contributed by atoms with Gasteiger partial charge < -0.3 is 24.6 Å². The Morgan fingerprint density at radius 2 is 1.67 bits per heavy atom. The Bertz CT molecular complexity index is 2210. The quantitative estimate of drug-likeness (QED) is 0.240. The summed E-state index contributed by atoms with van der Waals surface area (Å²) in [6.07, 6.45) is 2.97. The van der Waals surface area contributed by atoms with Gasteiger partial charge in [0.05, 0.1) is 16.2 Å². The number of piperazine rings is 1. The van der Waals surface area contributed by atoms with Crippen molar-refractivity contribution in [3.05, 3.63) is 106 Å². The third-order valence-electron chi connectivity index (χ3n) is 9.58. The largest absolute Gasteiger partial charge is 0.454 e. The van der Waals surface area contributed by atoms with Crippen LogP contribution in [0.1, 0.15) is 25.0 Å². The molecule has 3 aromatic carbocycles. The molecule has 0 saturated carbocycles. The maximum atomic E-state index is 16.1. The molecule has 0 radical (unpaired) electrons. The van der Waals surface area contributed by atoms with Gasteiger partial charge in [-0.05, 0) is 68.8 Å². The van der Waals surface area contributed by atoms with E-state index in [1.807, 2.05) is 11.8 Å². The van der Waals surface area contributed by atoms with E-state index < -0.39 is 27.0 Å². The maximum absolute atomic E-state index is 16.1. The molecule has 49 heavy (non-hydrogen) atoms. The second kappa shape index (κ2) is 12.4. The highest BCUT2D eigenvalue weighted by molar-refractivity contribution is 7.90. The Kier molecular flexibility index (Phi) is 8.38. The van der Waals surface area contributed by atoms with E-state index in [4.69, 9.17) is 4.74 Å². The van der Waals surface area contributed by atoms with E-state index >= 15 is 4.39 Å². The number of hydrogen-bond donors (Lipinski definition) is 2. The Balaban J connectivity index is 1.30. The summed E-state index contributed by atoms with van der Waals surface area (Å²) in [7, 11) is -2.58. The number of benzene rings is 3. The van der Waals surface area contributed by atoms with Gasteiger partial charge in [-0.1, -0.05) is 29.8 Å². The van der Waals surface area contributed by atoms with Gasteiger partial charge in [0, 0.05) is 81.3 Å². The highest BCUT2D eigenvalue weighted by Gasteiger charge is 2.34. The molecule has 4 heterocycles. The molecule has 0 spiro atoms. The summed E-state index contributed by atoms with van der Waals surface area (Å²) in [4.78, 5) is 18.1. The molecule has 256 valence electrons. The molecular formula is C37H40FN5O5S. The van der Waals surface area contributed by atoms with Crippen molar-refractivity contribution >= 4 is 26.6 Å². The fraction of sp³-hybridized carbons (Fsp3) is 0.324. The van der Waals surface area contributed by atoms with Crippen molar-refractivity contribution in [3.8, 4) is 22.6 Å². The Morgan fingerprint density at radius 3 is 2.37 bits per heavy atom. The summed E-state index contributed by atoms with van der Waals surface area (Å²) >= 11 is 0. The minimum atomic E-state index is -4.12. The first-order valence-electron chi connectivity index (χ1n) is 16.4. The van der Waals surface area contributed by atoms with Gasteiger partial charge in [-0.25, -0.2) is 16.8 Å². The third kappa shape index (κ3) is 6.03. The van der Waals surface area contributed by atoms with Crippen LogP contribution in [-0.2, 0) is 22.7 Å². The van der Waals surface area contributed by atoms with Crippen LogP contribution in [0.3, 0.4) is 0 Å². The van der Waals surface area contributed by atoms with Gasteiger partial charge in [-0.3, -0.25) is 9.69 Å². The molecular weight excluding hydrogens is 646 g/mol. The molecule has 7 rings (SSSR count). The molecule has 2 aliphatic heterocycles. The van der Waals surface area contributed by atoms with Crippen LogP contribution in [0.25, 0.3) is 22.0 Å². The molecule has 0 aliphatic carbocycles. The first-order chi connectivity index (χ1) is 23.3. The number of ether oxygens (including phenoxy) is 1. The number of anilines is 1. The molecule has 5 aromatic rings. The van der Waals surface area contributed by atoms with Gasteiger partial charge in [0.25, 0.3) is 15.6 Å². The molecule has 12 heteroatoms. The Morgan fingerprint density at radius 1 is 0.959 bits per heavy atom. The number of aromatic nitrogens is 2. The lowest BCUT2D eigenvalue weighted by Gasteiger charge is -2.48. The number of nitrogens with zero attached hydrogens (tertiary/aromatic N) is 4. The number of pyridine rings is 1. The molecule has 0 unspecified atom stereocenters. The van der Waals surface area contributed by atoms with Crippen LogP contribution in [-0.4, -0.2) is 72.3 Å². The topological polar surface area (TPSA) is 109 Å². The highest BCUT2D eigenvalue weighted by atomic mass is 32.2. The van der Waals surface area contributed by atoms with Crippen LogP contribution in [0.15, 0.2) is 88.8 Å². The number of nitrogens with one attached hydrogen (secondary N) is 1. The standard InChI is InChI=1S/C37H40FN5O5S/c1-24-8-11-27(12-9-24)49(46,47)43-17-14-28-30(23-40(4)36(44)35(28)43)29-20-25(37(2,3)45)10-13-32(29)48-33-7-5-6-31(34(33)38)42-21-26(22-42)41-18-15-39-16-19-41/h5-14,17,20,23,26,39,45H,15-16,18-19,21-22H2,1-4H3. The van der Waals surface area contributed by atoms with Crippen molar-refractivity contribution in [2.24, 2.45) is 7.05 Å². The molecule has 2 aromatic heterocycles. The molecule has 0 amide bonds. The van der Waals surface area contributed by atoms with Gasteiger partial charge in [0.1, 0.15) is 11.3 Å². The number of halogens is 1. The van der Waals surface area contributed by atoms with E-state index in [0.29, 0.717) is 33.8 Å². The summed E-state index contributed by atoms with van der Waals surface area (Å²) in [5.41, 5.74) is 1.07. The number of aryl methyl sites for hydroxylation is 2. The second-order valence-electron chi connectivity index (χ2n) is 13.5. The summed E-state index contributed by atoms with van der Waals surface area (Å²) < 4.78 is 52.4. The van der Waals surface area contributed by atoms with Gasteiger partial charge in [0.2, 0.25) is 0 Å². The van der Waals surface area contributed by atoms with Crippen LogP contribution in [0.4, 0.5) is 10.1 Å². The summed E-state index contributed by atoms with van der Waals surface area (Å²) in [5.74, 6) is -0.180. The normalized spacial score (nSPS) is 16.2. The average molecular weight is 686 g/mol. The second-order valence-corrected chi connectivity index (χ2v) is 15.3. The summed E-state index contributed by atoms with van der Waals surface area (Å²) in [5, 5.41) is 14.7. The van der Waals surface area contributed by atoms with Gasteiger partial charge in [-0.2, -0.15) is 0 Å². The van der Waals surface area contributed by atoms with Crippen LogP contribution >= 0.6 is 0 Å². The van der Waals surface area contributed by atoms with Crippen molar-refractivity contribution < 1.29 is 22.7 Å². The zero-order chi connectivity index (χ0) is 34.7. The fourth-order valence-corrected chi connectivity index (χ4v) is 7.99. The minimum Gasteiger partial charge on any atom is -0.454 e. The Hall–Kier alpha value is -4.49. The molecule has 10 nitrogen and oxygen atoms in total. The fourth-order valence-electron chi connectivity index (χ4n) is 6.65. The lowest BCUT2D eigenvalue weighted by Crippen LogP contribution is -2.63. The van der Waals surface area contributed by atoms with Crippen molar-refractivity contribution in [3.63, 3.8) is 0 Å². The van der Waals surface area contributed by atoms with E-state index in [1.165, 1.54) is 22.9 Å². The van der Waals surface area contributed by atoms with Crippen LogP contribution in [0.2, 0.25) is 0 Å². The zero-order valence-corrected chi connectivity index (χ0v) is 28.8. The van der Waals surface area contributed by atoms with E-state index in [-0.39, 0.29) is 21.9 Å². The van der Waals surface area contributed by atoms with E-state index in [2.05, 4.69) is 10.2 Å². The molecule has 2 fully saturated rings. The van der Waals surface area contributed by atoms with Crippen molar-refractivity contribution in [2.75, 3.05) is 44.2 Å². The number of rotatable bonds is 8. The van der Waals surface area contributed by atoms with E-state index in [1.54, 1.807) is 81.7 Å². The molecule has 0 bridgehead atoms. The van der Waals surface area contributed by atoms with Gasteiger partial charge in [-0.15, -0.1) is 0 Å². The molecule has 0 atom stereocenters. The monoisotopic (exact) mass is 685 g/mol.